The molecule has 2 fully saturated rings. The zero-order valence-electron chi connectivity index (χ0n) is 18.4. The molecule has 1 aliphatic heterocycles. The molecule has 0 bridgehead atoms. The number of carbonyl (C=O) groups excluding carboxylic acids is 3. The summed E-state index contributed by atoms with van der Waals surface area (Å²) in [6.45, 7) is 0.178. The molecule has 1 N–H and O–H groups in total. The zero-order chi connectivity index (χ0) is 23.5. The van der Waals surface area contributed by atoms with Gasteiger partial charge in [0, 0.05) is 23.2 Å². The van der Waals surface area contributed by atoms with Crippen LogP contribution in [0.5, 0.6) is 0 Å². The number of rotatable bonds is 7. The molecule has 5 rings (SSSR count). The van der Waals surface area contributed by atoms with Crippen LogP contribution in [0.4, 0.5) is 10.8 Å². The summed E-state index contributed by atoms with van der Waals surface area (Å²) < 4.78 is 5.53. The summed E-state index contributed by atoms with van der Waals surface area (Å²) in [5.41, 5.74) is 1.98. The van der Waals surface area contributed by atoms with Crippen LogP contribution >= 0.6 is 11.3 Å². The van der Waals surface area contributed by atoms with Gasteiger partial charge in [0.15, 0.2) is 5.13 Å². The van der Waals surface area contributed by atoms with Crippen molar-refractivity contribution in [1.82, 2.24) is 15.2 Å². The Morgan fingerprint density at radius 3 is 2.53 bits per heavy atom. The third kappa shape index (κ3) is 4.85. The summed E-state index contributed by atoms with van der Waals surface area (Å²) in [4.78, 5) is 46.4. The van der Waals surface area contributed by atoms with Crippen LogP contribution in [-0.2, 0) is 20.7 Å². The second kappa shape index (κ2) is 9.74. The Hall–Kier alpha value is -3.56. The van der Waals surface area contributed by atoms with Crippen molar-refractivity contribution in [2.45, 2.75) is 31.3 Å². The molecule has 9 heteroatoms. The first-order valence-corrected chi connectivity index (χ1v) is 12.0. The monoisotopic (exact) mass is 476 g/mol. The third-order valence-corrected chi connectivity index (χ3v) is 6.57. The number of hydrogen-bond acceptors (Lipinski definition) is 6. The number of nitrogens with one attached hydrogen (secondary N) is 1. The average Bonchev–Trinajstić information content (AvgIpc) is 3.30. The Morgan fingerprint density at radius 1 is 1.09 bits per heavy atom. The molecule has 3 amide bonds. The topological polar surface area (TPSA) is 91.8 Å². The van der Waals surface area contributed by atoms with Crippen LogP contribution in [0.25, 0.3) is 0 Å². The fourth-order valence-electron chi connectivity index (χ4n) is 3.83. The molecule has 2 heterocycles. The number of benzene rings is 2. The maximum Gasteiger partial charge on any atom is 0.258 e. The number of aromatic nitrogens is 1. The maximum atomic E-state index is 13.7. The Bertz CT molecular complexity index is 1160. The molecule has 0 spiro atoms. The van der Waals surface area contributed by atoms with Crippen LogP contribution in [-0.4, -0.2) is 53.0 Å². The molecule has 1 atom stereocenters. The molecule has 3 aromatic rings. The van der Waals surface area contributed by atoms with Crippen molar-refractivity contribution in [2.24, 2.45) is 0 Å². The van der Waals surface area contributed by atoms with Crippen molar-refractivity contribution in [3.8, 4) is 0 Å². The SMILES string of the molecule is O=C(NC1CC1)c1ccc(N(C(=O)C2COCN2C(=O)Cc2ccccc2)c2nccs2)cc1. The molecule has 34 heavy (non-hydrogen) atoms. The van der Waals surface area contributed by atoms with E-state index in [9.17, 15) is 14.4 Å². The first kappa shape index (κ1) is 22.2. The van der Waals surface area contributed by atoms with Crippen molar-refractivity contribution in [1.29, 1.82) is 0 Å². The predicted octanol–water partition coefficient (Wildman–Crippen LogP) is 3.13. The van der Waals surface area contributed by atoms with Gasteiger partial charge in [-0.15, -0.1) is 11.3 Å². The van der Waals surface area contributed by atoms with E-state index in [4.69, 9.17) is 4.74 Å². The number of nitrogens with zero attached hydrogens (tertiary/aromatic N) is 3. The molecule has 1 unspecified atom stereocenters. The lowest BCUT2D eigenvalue weighted by Gasteiger charge is -2.27. The summed E-state index contributed by atoms with van der Waals surface area (Å²) in [5.74, 6) is -0.597. The van der Waals surface area contributed by atoms with Crippen LogP contribution in [0.3, 0.4) is 0 Å². The minimum absolute atomic E-state index is 0.0635. The fourth-order valence-corrected chi connectivity index (χ4v) is 4.50. The highest BCUT2D eigenvalue weighted by Crippen LogP contribution is 2.30. The second-order valence-corrected chi connectivity index (χ2v) is 9.20. The van der Waals surface area contributed by atoms with Crippen molar-refractivity contribution >= 4 is 39.9 Å². The van der Waals surface area contributed by atoms with Gasteiger partial charge in [0.2, 0.25) is 5.91 Å². The Morgan fingerprint density at radius 2 is 1.85 bits per heavy atom. The lowest BCUT2D eigenvalue weighted by atomic mass is 10.1. The van der Waals surface area contributed by atoms with Gasteiger partial charge in [0.25, 0.3) is 11.8 Å². The Kier molecular flexibility index (Phi) is 6.37. The van der Waals surface area contributed by atoms with Crippen LogP contribution in [0.15, 0.2) is 66.2 Å². The van der Waals surface area contributed by atoms with Crippen molar-refractivity contribution in [3.63, 3.8) is 0 Å². The minimum Gasteiger partial charge on any atom is -0.358 e. The molecule has 174 valence electrons. The summed E-state index contributed by atoms with van der Waals surface area (Å²) in [6.07, 6.45) is 3.84. The molecule has 1 saturated heterocycles. The molecule has 2 aromatic carbocycles. The van der Waals surface area contributed by atoms with E-state index in [0.717, 1.165) is 18.4 Å². The largest absolute Gasteiger partial charge is 0.358 e. The first-order valence-electron chi connectivity index (χ1n) is 11.2. The van der Waals surface area contributed by atoms with Gasteiger partial charge >= 0.3 is 0 Å². The van der Waals surface area contributed by atoms with Gasteiger partial charge in [-0.1, -0.05) is 30.3 Å². The van der Waals surface area contributed by atoms with E-state index in [1.54, 1.807) is 35.8 Å². The third-order valence-electron chi connectivity index (χ3n) is 5.82. The van der Waals surface area contributed by atoms with E-state index < -0.39 is 6.04 Å². The molecular formula is C25H24N4O4S. The Balaban J connectivity index is 1.37. The molecular weight excluding hydrogens is 452 g/mol. The van der Waals surface area contributed by atoms with Crippen LogP contribution in [0.2, 0.25) is 0 Å². The number of anilines is 2. The van der Waals surface area contributed by atoms with Gasteiger partial charge in [-0.05, 0) is 42.7 Å². The maximum absolute atomic E-state index is 13.7. The smallest absolute Gasteiger partial charge is 0.258 e. The number of carbonyl (C=O) groups is 3. The molecule has 1 saturated carbocycles. The van der Waals surface area contributed by atoms with Crippen LogP contribution in [0, 0.1) is 0 Å². The van der Waals surface area contributed by atoms with E-state index in [0.29, 0.717) is 16.4 Å². The van der Waals surface area contributed by atoms with Crippen molar-refractivity contribution in [3.05, 3.63) is 77.3 Å². The summed E-state index contributed by atoms with van der Waals surface area (Å²) in [7, 11) is 0. The van der Waals surface area contributed by atoms with E-state index >= 15 is 0 Å². The van der Waals surface area contributed by atoms with E-state index in [1.807, 2.05) is 30.3 Å². The van der Waals surface area contributed by atoms with Gasteiger partial charge in [0.05, 0.1) is 18.7 Å². The second-order valence-electron chi connectivity index (χ2n) is 8.32. The lowest BCUT2D eigenvalue weighted by molar-refractivity contribution is -0.137. The number of amides is 3. The minimum atomic E-state index is -0.766. The van der Waals surface area contributed by atoms with Crippen molar-refractivity contribution in [2.75, 3.05) is 18.2 Å². The lowest BCUT2D eigenvalue weighted by Crippen LogP contribution is -2.48. The summed E-state index contributed by atoms with van der Waals surface area (Å²) >= 11 is 1.32. The van der Waals surface area contributed by atoms with Crippen LogP contribution < -0.4 is 10.2 Å². The standard InChI is InChI=1S/C25H24N4O4S/c30-22(14-17-4-2-1-3-5-17)28-16-33-15-21(28)24(32)29(25-26-12-13-34-25)20-10-6-18(7-11-20)23(31)27-19-8-9-19/h1-7,10-13,19,21H,8-9,14-16H2,(H,27,31). The van der Waals surface area contributed by atoms with Gasteiger partial charge in [-0.2, -0.15) is 0 Å². The predicted molar refractivity (Wildman–Crippen MR) is 128 cm³/mol. The molecule has 8 nitrogen and oxygen atoms in total. The number of ether oxygens (including phenoxy) is 1. The highest BCUT2D eigenvalue weighted by molar-refractivity contribution is 7.13. The first-order chi connectivity index (χ1) is 16.6. The van der Waals surface area contributed by atoms with Gasteiger partial charge < -0.3 is 15.0 Å². The molecule has 1 aromatic heterocycles. The molecule has 2 aliphatic rings. The normalized spacial score (nSPS) is 17.4. The quantitative estimate of drug-likeness (QED) is 0.566. The fraction of sp³-hybridized carbons (Fsp3) is 0.280. The number of hydrogen-bond donors (Lipinski definition) is 1. The number of thiazole rings is 1. The highest BCUT2D eigenvalue weighted by atomic mass is 32.1. The highest BCUT2D eigenvalue weighted by Gasteiger charge is 2.39. The van der Waals surface area contributed by atoms with E-state index in [-0.39, 0.29) is 43.5 Å². The molecule has 1 aliphatic carbocycles. The average molecular weight is 477 g/mol. The summed E-state index contributed by atoms with van der Waals surface area (Å²) in [5, 5.41) is 5.24. The van der Waals surface area contributed by atoms with Crippen LogP contribution in [0.1, 0.15) is 28.8 Å². The van der Waals surface area contributed by atoms with Crippen molar-refractivity contribution < 1.29 is 19.1 Å². The van der Waals surface area contributed by atoms with Gasteiger partial charge in [-0.25, -0.2) is 4.98 Å². The van der Waals surface area contributed by atoms with Gasteiger partial charge in [-0.3, -0.25) is 19.3 Å². The summed E-state index contributed by atoms with van der Waals surface area (Å²) in [6, 6.07) is 15.8. The molecule has 0 radical (unpaired) electrons. The van der Waals surface area contributed by atoms with E-state index in [1.165, 1.54) is 21.1 Å². The Labute approximate surface area is 201 Å². The van der Waals surface area contributed by atoms with Gasteiger partial charge in [0.1, 0.15) is 12.8 Å². The van der Waals surface area contributed by atoms with E-state index in [2.05, 4.69) is 10.3 Å². The zero-order valence-corrected chi connectivity index (χ0v) is 19.2.